The van der Waals surface area contributed by atoms with E-state index in [1.54, 1.807) is 0 Å². The fraction of sp³-hybridized carbons (Fsp3) is 0.545. The number of aliphatic imine (C=N–C) groups is 1. The highest BCUT2D eigenvalue weighted by Gasteiger charge is 2.22. The molecule has 8 nitrogen and oxygen atoms in total. The lowest BCUT2D eigenvalue weighted by molar-refractivity contribution is -0.119. The van der Waals surface area contributed by atoms with E-state index in [2.05, 4.69) is 47.8 Å². The van der Waals surface area contributed by atoms with Gasteiger partial charge in [0.05, 0.1) is 0 Å². The summed E-state index contributed by atoms with van der Waals surface area (Å²) in [4.78, 5) is 25.8. The van der Waals surface area contributed by atoms with Gasteiger partial charge in [0.15, 0.2) is 5.96 Å². The molecule has 1 saturated heterocycles. The second kappa shape index (κ2) is 12.9. The maximum Gasteiger partial charge on any atom is 0.227 e. The predicted molar refractivity (Wildman–Crippen MR) is 143 cm³/mol. The van der Waals surface area contributed by atoms with Crippen LogP contribution in [0.3, 0.4) is 0 Å². The third kappa shape index (κ3) is 7.03. The number of halogens is 1. The van der Waals surface area contributed by atoms with E-state index in [1.807, 2.05) is 39.1 Å². The number of carbonyl (C=O) groups excluding carboxylic acids is 1. The van der Waals surface area contributed by atoms with Crippen molar-refractivity contribution in [1.29, 1.82) is 0 Å². The van der Waals surface area contributed by atoms with Crippen molar-refractivity contribution in [2.24, 2.45) is 10.9 Å². The van der Waals surface area contributed by atoms with Crippen LogP contribution in [-0.2, 0) is 17.8 Å². The molecule has 10 heteroatoms. The summed E-state index contributed by atoms with van der Waals surface area (Å²) < 4.78 is 4.40. The van der Waals surface area contributed by atoms with Crippen molar-refractivity contribution < 1.29 is 4.79 Å². The van der Waals surface area contributed by atoms with E-state index in [1.165, 1.54) is 11.5 Å². The summed E-state index contributed by atoms with van der Waals surface area (Å²) in [6.07, 6.45) is 1.70. The molecule has 1 aliphatic rings. The van der Waals surface area contributed by atoms with E-state index in [0.29, 0.717) is 6.54 Å². The second-order valence-corrected chi connectivity index (χ2v) is 8.45. The van der Waals surface area contributed by atoms with Crippen molar-refractivity contribution in [1.82, 2.24) is 19.6 Å². The fourth-order valence-electron chi connectivity index (χ4n) is 3.35. The van der Waals surface area contributed by atoms with E-state index in [9.17, 15) is 4.79 Å². The largest absolute Gasteiger partial charge is 0.352 e. The third-order valence-corrected chi connectivity index (χ3v) is 6.36. The Kier molecular flexibility index (Phi) is 10.6. The number of anilines is 2. The number of aromatic nitrogens is 2. The second-order valence-electron chi connectivity index (χ2n) is 7.72. The number of guanidine groups is 1. The van der Waals surface area contributed by atoms with E-state index in [4.69, 9.17) is 0 Å². The van der Waals surface area contributed by atoms with Crippen LogP contribution in [0.15, 0.2) is 29.3 Å². The SMILES string of the molecule is CCc1nsc(N2CCN(C(=NC)NCc3cccc(NC(=O)C(C)CC)c3)CC2)n1.I. The summed E-state index contributed by atoms with van der Waals surface area (Å²) in [7, 11) is 1.82. The molecular weight excluding hydrogens is 537 g/mol. The van der Waals surface area contributed by atoms with Crippen molar-refractivity contribution in [2.75, 3.05) is 43.4 Å². The lowest BCUT2D eigenvalue weighted by Gasteiger charge is -2.36. The molecule has 0 bridgehead atoms. The molecule has 2 heterocycles. The molecule has 2 N–H and O–H groups in total. The first kappa shape index (κ1) is 26.3. The van der Waals surface area contributed by atoms with Crippen LogP contribution < -0.4 is 15.5 Å². The normalized spacial score (nSPS) is 15.2. The Labute approximate surface area is 212 Å². The molecule has 0 aliphatic carbocycles. The number of aryl methyl sites for hydroxylation is 1. The smallest absolute Gasteiger partial charge is 0.227 e. The average Bonchev–Trinajstić information content (AvgIpc) is 3.29. The highest BCUT2D eigenvalue weighted by molar-refractivity contribution is 14.0. The molecule has 0 saturated carbocycles. The Morgan fingerprint density at radius 3 is 2.62 bits per heavy atom. The van der Waals surface area contributed by atoms with Gasteiger partial charge in [0.1, 0.15) is 5.82 Å². The minimum Gasteiger partial charge on any atom is -0.352 e. The molecule has 1 atom stereocenters. The number of amides is 1. The number of rotatable bonds is 7. The van der Waals surface area contributed by atoms with Gasteiger partial charge in [-0.25, -0.2) is 4.98 Å². The van der Waals surface area contributed by atoms with E-state index in [0.717, 1.165) is 67.2 Å². The first-order valence-electron chi connectivity index (χ1n) is 11.0. The van der Waals surface area contributed by atoms with Crippen LogP contribution in [0.2, 0.25) is 0 Å². The summed E-state index contributed by atoms with van der Waals surface area (Å²) in [5.74, 6) is 1.87. The van der Waals surface area contributed by atoms with Crippen LogP contribution in [0.1, 0.15) is 38.6 Å². The maximum absolute atomic E-state index is 12.2. The molecule has 2 aromatic rings. The molecule has 1 fully saturated rings. The number of benzene rings is 1. The highest BCUT2D eigenvalue weighted by atomic mass is 127. The number of carbonyl (C=O) groups is 1. The molecule has 0 spiro atoms. The zero-order chi connectivity index (χ0) is 22.2. The summed E-state index contributed by atoms with van der Waals surface area (Å²) in [6, 6.07) is 7.96. The van der Waals surface area contributed by atoms with Gasteiger partial charge in [0.2, 0.25) is 11.0 Å². The Balaban J connectivity index is 0.00000363. The van der Waals surface area contributed by atoms with E-state index < -0.39 is 0 Å². The number of piperazine rings is 1. The molecule has 3 rings (SSSR count). The zero-order valence-electron chi connectivity index (χ0n) is 19.3. The molecule has 32 heavy (non-hydrogen) atoms. The third-order valence-electron chi connectivity index (χ3n) is 5.54. The summed E-state index contributed by atoms with van der Waals surface area (Å²) in [6.45, 7) is 10.2. The summed E-state index contributed by atoms with van der Waals surface area (Å²) in [5, 5.41) is 7.47. The average molecular weight is 572 g/mol. The molecule has 1 aliphatic heterocycles. The Morgan fingerprint density at radius 1 is 1.25 bits per heavy atom. The lowest BCUT2D eigenvalue weighted by atomic mass is 10.1. The topological polar surface area (TPSA) is 85.8 Å². The van der Waals surface area contributed by atoms with Crippen LogP contribution in [0.25, 0.3) is 0 Å². The van der Waals surface area contributed by atoms with Gasteiger partial charge < -0.3 is 20.4 Å². The molecule has 0 radical (unpaired) electrons. The maximum atomic E-state index is 12.2. The van der Waals surface area contributed by atoms with Crippen LogP contribution in [0.5, 0.6) is 0 Å². The van der Waals surface area contributed by atoms with Crippen molar-refractivity contribution in [3.8, 4) is 0 Å². The Hall–Kier alpha value is -1.95. The minimum absolute atomic E-state index is 0. The van der Waals surface area contributed by atoms with E-state index >= 15 is 0 Å². The Bertz CT molecular complexity index is 896. The van der Waals surface area contributed by atoms with Gasteiger partial charge in [-0.2, -0.15) is 4.37 Å². The Morgan fingerprint density at radius 2 is 2.00 bits per heavy atom. The van der Waals surface area contributed by atoms with Crippen molar-refractivity contribution in [2.45, 2.75) is 40.2 Å². The number of hydrogen-bond donors (Lipinski definition) is 2. The number of nitrogens with one attached hydrogen (secondary N) is 2. The highest BCUT2D eigenvalue weighted by Crippen LogP contribution is 2.19. The number of hydrogen-bond acceptors (Lipinski definition) is 6. The van der Waals surface area contributed by atoms with Crippen LogP contribution in [-0.4, -0.2) is 59.4 Å². The van der Waals surface area contributed by atoms with Gasteiger partial charge in [0, 0.05) is 69.3 Å². The first-order chi connectivity index (χ1) is 15.0. The van der Waals surface area contributed by atoms with Crippen molar-refractivity contribution in [3.63, 3.8) is 0 Å². The molecule has 1 aromatic heterocycles. The monoisotopic (exact) mass is 571 g/mol. The van der Waals surface area contributed by atoms with Gasteiger partial charge in [-0.1, -0.05) is 32.9 Å². The number of nitrogens with zero attached hydrogens (tertiary/aromatic N) is 5. The quantitative estimate of drug-likeness (QED) is 0.300. The minimum atomic E-state index is 0. The molecule has 1 unspecified atom stereocenters. The van der Waals surface area contributed by atoms with Crippen molar-refractivity contribution in [3.05, 3.63) is 35.7 Å². The van der Waals surface area contributed by atoms with Gasteiger partial charge in [0.25, 0.3) is 0 Å². The molecular formula is C22H34IN7OS. The van der Waals surface area contributed by atoms with Gasteiger partial charge >= 0.3 is 0 Å². The standard InChI is InChI=1S/C22H33N7OS.HI/c1-5-16(3)20(30)25-18-9-7-8-17(14-18)15-24-21(23-4)28-10-12-29(13-11-28)22-26-19(6-2)27-31-22;/h7-9,14,16H,5-6,10-13,15H2,1-4H3,(H,23,24)(H,25,30);1H. The molecule has 176 valence electrons. The molecule has 1 amide bonds. The zero-order valence-corrected chi connectivity index (χ0v) is 22.4. The van der Waals surface area contributed by atoms with Crippen LogP contribution >= 0.6 is 35.5 Å². The van der Waals surface area contributed by atoms with Crippen molar-refractivity contribution >= 4 is 58.2 Å². The van der Waals surface area contributed by atoms with Crippen LogP contribution in [0.4, 0.5) is 10.8 Å². The van der Waals surface area contributed by atoms with Crippen LogP contribution in [0, 0.1) is 5.92 Å². The van der Waals surface area contributed by atoms with Gasteiger partial charge in [-0.15, -0.1) is 24.0 Å². The first-order valence-corrected chi connectivity index (χ1v) is 11.7. The van der Waals surface area contributed by atoms with E-state index in [-0.39, 0.29) is 35.8 Å². The molecule has 1 aromatic carbocycles. The fourth-order valence-corrected chi connectivity index (χ4v) is 4.15. The predicted octanol–water partition coefficient (Wildman–Crippen LogP) is 3.60. The van der Waals surface area contributed by atoms with Gasteiger partial charge in [-0.05, 0) is 24.1 Å². The van der Waals surface area contributed by atoms with Gasteiger partial charge in [-0.3, -0.25) is 9.79 Å². The summed E-state index contributed by atoms with van der Waals surface area (Å²) in [5.41, 5.74) is 1.93. The summed E-state index contributed by atoms with van der Waals surface area (Å²) >= 11 is 1.48. The lowest BCUT2D eigenvalue weighted by Crippen LogP contribution is -2.52.